The van der Waals surface area contributed by atoms with E-state index >= 15 is 0 Å². The van der Waals surface area contributed by atoms with Crippen molar-refractivity contribution >= 4 is 34.6 Å². The van der Waals surface area contributed by atoms with Crippen LogP contribution < -0.4 is 22.1 Å². The second-order valence-electron chi connectivity index (χ2n) is 9.23. The largest absolute Gasteiger partial charge is 0.480 e. The molecule has 1 aromatic carbocycles. The van der Waals surface area contributed by atoms with Crippen molar-refractivity contribution in [2.75, 3.05) is 19.6 Å². The minimum absolute atomic E-state index is 0.00841. The Morgan fingerprint density at radius 1 is 1.22 bits per heavy atom. The number of aromatic nitrogens is 1. The third-order valence-electron chi connectivity index (χ3n) is 6.17. The monoisotopic (exact) mass is 497 g/mol. The minimum atomic E-state index is -1.09. The number of benzene rings is 1. The van der Waals surface area contributed by atoms with Crippen LogP contribution in [0, 0.1) is 12.3 Å². The van der Waals surface area contributed by atoms with Crippen LogP contribution in [-0.2, 0) is 20.8 Å². The zero-order chi connectivity index (χ0) is 26.2. The van der Waals surface area contributed by atoms with Crippen LogP contribution in [0.1, 0.15) is 36.9 Å². The van der Waals surface area contributed by atoms with Crippen LogP contribution in [0.25, 0.3) is 10.9 Å². The van der Waals surface area contributed by atoms with Gasteiger partial charge in [0.05, 0.1) is 6.04 Å². The van der Waals surface area contributed by atoms with E-state index in [2.05, 4.69) is 15.6 Å². The van der Waals surface area contributed by atoms with Gasteiger partial charge < -0.3 is 37.1 Å². The number of hydrogen-bond acceptors (Lipinski definition) is 5. The van der Waals surface area contributed by atoms with Gasteiger partial charge in [-0.05, 0) is 49.3 Å². The van der Waals surface area contributed by atoms with Crippen LogP contribution >= 0.6 is 0 Å². The first-order valence-corrected chi connectivity index (χ1v) is 12.0. The van der Waals surface area contributed by atoms with Crippen LogP contribution in [0.5, 0.6) is 0 Å². The van der Waals surface area contributed by atoms with Crippen molar-refractivity contribution in [3.8, 4) is 0 Å². The van der Waals surface area contributed by atoms with Crippen molar-refractivity contribution in [3.63, 3.8) is 0 Å². The lowest BCUT2D eigenvalue weighted by Gasteiger charge is -2.17. The lowest BCUT2D eigenvalue weighted by molar-refractivity contribution is -0.141. The number of aromatic amines is 1. The Hall–Kier alpha value is -3.86. The number of amides is 2. The normalized spacial score (nSPS) is 14.8. The maximum atomic E-state index is 12.3. The van der Waals surface area contributed by atoms with E-state index in [4.69, 9.17) is 16.9 Å². The number of carboxylic acids is 1. The van der Waals surface area contributed by atoms with Crippen LogP contribution in [0.4, 0.5) is 0 Å². The lowest BCUT2D eigenvalue weighted by Crippen LogP contribution is -2.42. The van der Waals surface area contributed by atoms with Crippen molar-refractivity contribution in [1.29, 1.82) is 5.41 Å². The Bertz CT molecular complexity index is 1160. The maximum Gasteiger partial charge on any atom is 0.326 e. The van der Waals surface area contributed by atoms with Gasteiger partial charge in [0.25, 0.3) is 0 Å². The van der Waals surface area contributed by atoms with Gasteiger partial charge in [0.15, 0.2) is 5.96 Å². The summed E-state index contributed by atoms with van der Waals surface area (Å²) in [5.41, 5.74) is 15.2. The Morgan fingerprint density at radius 3 is 2.69 bits per heavy atom. The molecule has 2 amide bonds. The van der Waals surface area contributed by atoms with Crippen LogP contribution in [0.2, 0.25) is 0 Å². The second-order valence-corrected chi connectivity index (χ2v) is 9.23. The number of fused-ring (bicyclic) bond motifs is 1. The lowest BCUT2D eigenvalue weighted by atomic mass is 10.1. The Morgan fingerprint density at radius 2 is 2.00 bits per heavy atom. The van der Waals surface area contributed by atoms with E-state index in [1.165, 1.54) is 0 Å². The molecular formula is C25H35N7O4. The van der Waals surface area contributed by atoms with Gasteiger partial charge in [-0.15, -0.1) is 0 Å². The van der Waals surface area contributed by atoms with Crippen molar-refractivity contribution in [3.05, 3.63) is 47.2 Å². The highest BCUT2D eigenvalue weighted by atomic mass is 16.4. The predicted molar refractivity (Wildman–Crippen MR) is 137 cm³/mol. The molecule has 0 bridgehead atoms. The highest BCUT2D eigenvalue weighted by Crippen LogP contribution is 2.18. The third kappa shape index (κ3) is 7.57. The fourth-order valence-corrected chi connectivity index (χ4v) is 4.17. The quantitative estimate of drug-likeness (QED) is 0.0972. The van der Waals surface area contributed by atoms with E-state index in [1.54, 1.807) is 4.90 Å². The molecule has 194 valence electrons. The summed E-state index contributed by atoms with van der Waals surface area (Å²) in [6.45, 7) is 3.40. The molecule has 0 fully saturated rings. The molecule has 1 aromatic heterocycles. The fourth-order valence-electron chi connectivity index (χ4n) is 4.17. The number of hydrogen-bond donors (Lipinski definition) is 7. The molecule has 0 spiro atoms. The molecule has 0 saturated heterocycles. The van der Waals surface area contributed by atoms with Gasteiger partial charge in [0.1, 0.15) is 6.04 Å². The molecule has 1 aliphatic heterocycles. The van der Waals surface area contributed by atoms with Crippen molar-refractivity contribution in [1.82, 2.24) is 20.5 Å². The van der Waals surface area contributed by atoms with E-state index < -0.39 is 18.1 Å². The third-order valence-corrected chi connectivity index (χ3v) is 6.17. The molecular weight excluding hydrogens is 462 g/mol. The number of guanidine groups is 1. The number of nitrogens with one attached hydrogen (secondary N) is 4. The van der Waals surface area contributed by atoms with Gasteiger partial charge in [-0.1, -0.05) is 23.8 Å². The summed E-state index contributed by atoms with van der Waals surface area (Å²) in [5, 5.41) is 23.4. The number of carboxylic acid groups (broad SMARTS) is 1. The first kappa shape index (κ1) is 26.7. The molecule has 1 aliphatic rings. The summed E-state index contributed by atoms with van der Waals surface area (Å²) in [5.74, 6) is -1.73. The number of rotatable bonds is 12. The number of aryl methyl sites for hydroxylation is 1. The number of carbonyl (C=O) groups excluding carboxylic acids is 2. The highest BCUT2D eigenvalue weighted by Gasteiger charge is 2.22. The summed E-state index contributed by atoms with van der Waals surface area (Å²) in [6, 6.07) is 6.12. The Labute approximate surface area is 209 Å². The molecule has 2 heterocycles. The SMILES string of the molecule is Cc1ccc2cc(CC(NC(=O)CCCCNC(=O)C(N)CC3=CCN(C(=N)N)C3)C(=O)O)[nH]c2c1. The van der Waals surface area contributed by atoms with Crippen LogP contribution in [0.15, 0.2) is 35.9 Å². The molecule has 0 aliphatic carbocycles. The Balaban J connectivity index is 1.35. The summed E-state index contributed by atoms with van der Waals surface area (Å²) in [4.78, 5) is 41.1. The summed E-state index contributed by atoms with van der Waals surface area (Å²) in [6.07, 6.45) is 3.69. The first-order chi connectivity index (χ1) is 17.1. The van der Waals surface area contributed by atoms with Crippen LogP contribution in [-0.4, -0.2) is 70.5 Å². The van der Waals surface area contributed by atoms with Gasteiger partial charge in [-0.2, -0.15) is 0 Å². The van der Waals surface area contributed by atoms with Crippen molar-refractivity contribution in [2.45, 2.75) is 51.1 Å². The smallest absolute Gasteiger partial charge is 0.326 e. The van der Waals surface area contributed by atoms with Crippen LogP contribution in [0.3, 0.4) is 0 Å². The zero-order valence-corrected chi connectivity index (χ0v) is 20.5. The molecule has 2 unspecified atom stereocenters. The number of aliphatic carboxylic acids is 1. The topological polar surface area (TPSA) is 190 Å². The van der Waals surface area contributed by atoms with Crippen molar-refractivity contribution < 1.29 is 19.5 Å². The first-order valence-electron chi connectivity index (χ1n) is 12.0. The van der Waals surface area contributed by atoms with Gasteiger partial charge in [0.2, 0.25) is 11.8 Å². The average Bonchev–Trinajstić information content (AvgIpc) is 3.44. The molecule has 11 nitrogen and oxygen atoms in total. The predicted octanol–water partition coefficient (Wildman–Crippen LogP) is 0.728. The molecule has 0 saturated carbocycles. The van der Waals surface area contributed by atoms with E-state index in [-0.39, 0.29) is 30.6 Å². The Kier molecular flexibility index (Phi) is 9.07. The number of unbranched alkanes of at least 4 members (excludes halogenated alkanes) is 1. The number of nitrogens with zero attached hydrogens (tertiary/aromatic N) is 1. The average molecular weight is 498 g/mol. The molecule has 2 aromatic rings. The molecule has 2 atom stereocenters. The van der Waals surface area contributed by atoms with E-state index in [0.717, 1.165) is 27.7 Å². The molecule has 36 heavy (non-hydrogen) atoms. The number of H-pyrrole nitrogens is 1. The number of carbonyl (C=O) groups is 3. The zero-order valence-electron chi connectivity index (χ0n) is 20.5. The highest BCUT2D eigenvalue weighted by molar-refractivity contribution is 5.85. The fraction of sp³-hybridized carbons (Fsp3) is 0.440. The van der Waals surface area contributed by atoms with Crippen molar-refractivity contribution in [2.24, 2.45) is 11.5 Å². The van der Waals surface area contributed by atoms with E-state index in [9.17, 15) is 19.5 Å². The summed E-state index contributed by atoms with van der Waals surface area (Å²) < 4.78 is 0. The summed E-state index contributed by atoms with van der Waals surface area (Å²) in [7, 11) is 0. The molecule has 3 rings (SSSR count). The molecule has 0 radical (unpaired) electrons. The van der Waals surface area contributed by atoms with E-state index in [1.807, 2.05) is 37.3 Å². The number of nitrogens with two attached hydrogens (primary N) is 2. The second kappa shape index (κ2) is 12.2. The standard InChI is InChI=1S/C25H35N7O4/c1-15-5-6-17-12-18(30-20(17)10-15)13-21(24(35)36)31-22(33)4-2-3-8-29-23(34)19(26)11-16-7-9-32(14-16)25(27)28/h5-7,10,12,19,21,30H,2-4,8-9,11,13-14,26H2,1H3,(H3,27,28)(H,29,34)(H,31,33)(H,35,36). The van der Waals surface area contributed by atoms with Gasteiger partial charge in [-0.25, -0.2) is 4.79 Å². The van der Waals surface area contributed by atoms with Gasteiger partial charge >= 0.3 is 5.97 Å². The van der Waals surface area contributed by atoms with E-state index in [0.29, 0.717) is 38.9 Å². The molecule has 11 heteroatoms. The van der Waals surface area contributed by atoms with Gasteiger partial charge in [-0.3, -0.25) is 15.0 Å². The minimum Gasteiger partial charge on any atom is -0.480 e. The van der Waals surface area contributed by atoms with Gasteiger partial charge in [0, 0.05) is 43.7 Å². The molecule has 9 N–H and O–H groups in total. The maximum absolute atomic E-state index is 12.3. The summed E-state index contributed by atoms with van der Waals surface area (Å²) >= 11 is 0.